The molecule has 0 aromatic heterocycles. The molecule has 3 aliphatic heterocycles. The van der Waals surface area contributed by atoms with Gasteiger partial charge in [-0.1, -0.05) is 12.1 Å². The number of rotatable bonds is 4. The molecule has 0 amide bonds. The molecule has 2 aromatic rings. The van der Waals surface area contributed by atoms with Crippen LogP contribution in [0, 0.1) is 11.7 Å². The summed E-state index contributed by atoms with van der Waals surface area (Å²) in [5.41, 5.74) is 1.21. The summed E-state index contributed by atoms with van der Waals surface area (Å²) < 4.78 is 30.3. The lowest BCUT2D eigenvalue weighted by Crippen LogP contribution is -2.46. The van der Waals surface area contributed by atoms with Gasteiger partial charge in [-0.2, -0.15) is 0 Å². The van der Waals surface area contributed by atoms with E-state index in [9.17, 15) is 4.39 Å². The van der Waals surface area contributed by atoms with Gasteiger partial charge < -0.3 is 19.5 Å². The first-order valence-electron chi connectivity index (χ1n) is 9.30. The van der Waals surface area contributed by atoms with Gasteiger partial charge in [-0.3, -0.25) is 0 Å². The second-order valence-corrected chi connectivity index (χ2v) is 7.43. The topological polar surface area (TPSA) is 39.7 Å². The van der Waals surface area contributed by atoms with E-state index in [0.717, 1.165) is 23.7 Å². The van der Waals surface area contributed by atoms with Crippen LogP contribution in [0.25, 0.3) is 0 Å². The second kappa shape index (κ2) is 6.47. The molecule has 3 aliphatic rings. The van der Waals surface area contributed by atoms with Crippen molar-refractivity contribution >= 4 is 0 Å². The highest BCUT2D eigenvalue weighted by Crippen LogP contribution is 2.42. The molecule has 0 radical (unpaired) electrons. The Morgan fingerprint density at radius 1 is 1.04 bits per heavy atom. The smallest absolute Gasteiger partial charge is 0.231 e. The summed E-state index contributed by atoms with van der Waals surface area (Å²) in [6, 6.07) is 13.7. The number of nitrogens with one attached hydrogen (secondary N) is 1. The molecule has 1 N–H and O–H groups in total. The van der Waals surface area contributed by atoms with Gasteiger partial charge in [-0.15, -0.1) is 0 Å². The zero-order valence-electron chi connectivity index (χ0n) is 14.5. The van der Waals surface area contributed by atoms with Gasteiger partial charge >= 0.3 is 0 Å². The summed E-state index contributed by atoms with van der Waals surface area (Å²) >= 11 is 0. The fourth-order valence-electron chi connectivity index (χ4n) is 4.62. The van der Waals surface area contributed by atoms with E-state index in [2.05, 4.69) is 5.32 Å². The van der Waals surface area contributed by atoms with E-state index in [1.54, 1.807) is 12.1 Å². The Kier molecular flexibility index (Phi) is 3.97. The average molecular weight is 355 g/mol. The van der Waals surface area contributed by atoms with Crippen LogP contribution in [-0.4, -0.2) is 25.5 Å². The van der Waals surface area contributed by atoms with E-state index in [-0.39, 0.29) is 12.6 Å². The maximum Gasteiger partial charge on any atom is 0.231 e. The van der Waals surface area contributed by atoms with Crippen molar-refractivity contribution in [3.05, 3.63) is 53.8 Å². The molecule has 26 heavy (non-hydrogen) atoms. The van der Waals surface area contributed by atoms with Crippen LogP contribution in [0.3, 0.4) is 0 Å². The zero-order chi connectivity index (χ0) is 17.5. The molecule has 1 unspecified atom stereocenters. The van der Waals surface area contributed by atoms with Crippen LogP contribution < -0.4 is 19.5 Å². The highest BCUT2D eigenvalue weighted by atomic mass is 19.1. The Hall–Kier alpha value is -2.27. The summed E-state index contributed by atoms with van der Waals surface area (Å²) in [5, 5.41) is 3.73. The third-order valence-corrected chi connectivity index (χ3v) is 5.93. The van der Waals surface area contributed by atoms with Gasteiger partial charge in [0.05, 0.1) is 6.61 Å². The molecule has 2 bridgehead atoms. The summed E-state index contributed by atoms with van der Waals surface area (Å²) in [4.78, 5) is 0. The maximum absolute atomic E-state index is 13.3. The molecule has 4 atom stereocenters. The molecule has 3 heterocycles. The van der Waals surface area contributed by atoms with E-state index in [1.807, 2.05) is 30.3 Å². The third kappa shape index (κ3) is 2.90. The molecule has 0 spiro atoms. The second-order valence-electron chi connectivity index (χ2n) is 7.43. The molecule has 4 nitrogen and oxygen atoms in total. The van der Waals surface area contributed by atoms with Crippen LogP contribution in [0.2, 0.25) is 0 Å². The highest BCUT2D eigenvalue weighted by Gasteiger charge is 2.42. The number of piperidine rings is 1. The first kappa shape index (κ1) is 15.9. The molecule has 136 valence electrons. The van der Waals surface area contributed by atoms with Crippen LogP contribution in [0.15, 0.2) is 42.5 Å². The van der Waals surface area contributed by atoms with E-state index in [0.29, 0.717) is 30.5 Å². The summed E-state index contributed by atoms with van der Waals surface area (Å²) in [6.45, 7) is 0.896. The van der Waals surface area contributed by atoms with Gasteiger partial charge in [0, 0.05) is 24.1 Å². The SMILES string of the molecule is Fc1ccc([C@@H]2CC3CC[C@@H](N3)[C@@H]2COc2ccc3c(c2)OCO3)cc1. The minimum Gasteiger partial charge on any atom is -0.493 e. The van der Waals surface area contributed by atoms with Crippen molar-refractivity contribution in [2.24, 2.45) is 5.92 Å². The van der Waals surface area contributed by atoms with Gasteiger partial charge in [-0.25, -0.2) is 4.39 Å². The predicted molar refractivity (Wildman–Crippen MR) is 95.3 cm³/mol. The van der Waals surface area contributed by atoms with Crippen LogP contribution in [0.5, 0.6) is 17.2 Å². The van der Waals surface area contributed by atoms with Crippen molar-refractivity contribution in [1.29, 1.82) is 0 Å². The van der Waals surface area contributed by atoms with E-state index in [1.165, 1.54) is 18.4 Å². The Labute approximate surface area is 152 Å². The van der Waals surface area contributed by atoms with E-state index < -0.39 is 0 Å². The van der Waals surface area contributed by atoms with Gasteiger partial charge in [-0.05, 0) is 55.0 Å². The van der Waals surface area contributed by atoms with Crippen molar-refractivity contribution in [2.45, 2.75) is 37.3 Å². The molecule has 5 heteroatoms. The number of hydrogen-bond donors (Lipinski definition) is 1. The first-order valence-corrected chi connectivity index (χ1v) is 9.30. The summed E-state index contributed by atoms with van der Waals surface area (Å²) in [5.74, 6) is 2.87. The summed E-state index contributed by atoms with van der Waals surface area (Å²) in [6.07, 6.45) is 3.47. The normalized spacial score (nSPS) is 29.0. The number of ether oxygens (including phenoxy) is 3. The Bertz CT molecular complexity index is 794. The molecule has 2 saturated heterocycles. The minimum absolute atomic E-state index is 0.182. The number of fused-ring (bicyclic) bond motifs is 3. The molecular formula is C21H22FNO3. The van der Waals surface area contributed by atoms with Crippen LogP contribution in [-0.2, 0) is 0 Å². The fraction of sp³-hybridized carbons (Fsp3) is 0.429. The minimum atomic E-state index is -0.182. The van der Waals surface area contributed by atoms with Crippen LogP contribution in [0.1, 0.15) is 30.7 Å². The van der Waals surface area contributed by atoms with Gasteiger partial charge in [0.25, 0.3) is 0 Å². The Morgan fingerprint density at radius 2 is 1.88 bits per heavy atom. The van der Waals surface area contributed by atoms with E-state index >= 15 is 0 Å². The third-order valence-electron chi connectivity index (χ3n) is 5.93. The Morgan fingerprint density at radius 3 is 2.77 bits per heavy atom. The van der Waals surface area contributed by atoms with Crippen molar-refractivity contribution in [2.75, 3.05) is 13.4 Å². The van der Waals surface area contributed by atoms with Crippen LogP contribution >= 0.6 is 0 Å². The quantitative estimate of drug-likeness (QED) is 0.904. The van der Waals surface area contributed by atoms with Gasteiger partial charge in [0.1, 0.15) is 11.6 Å². The molecule has 0 saturated carbocycles. The first-order chi connectivity index (χ1) is 12.8. The van der Waals surface area contributed by atoms with Crippen molar-refractivity contribution in [3.63, 3.8) is 0 Å². The number of benzene rings is 2. The summed E-state index contributed by atoms with van der Waals surface area (Å²) in [7, 11) is 0. The molecular weight excluding hydrogens is 333 g/mol. The van der Waals surface area contributed by atoms with Crippen molar-refractivity contribution in [3.8, 4) is 17.2 Å². The fourth-order valence-corrected chi connectivity index (χ4v) is 4.62. The molecule has 0 aliphatic carbocycles. The standard InChI is InChI=1S/C21H22FNO3/c22-14-3-1-13(2-4-14)17-9-15-5-7-19(23-15)18(17)11-24-16-6-8-20-21(10-16)26-12-25-20/h1-4,6,8,10,15,17-19,23H,5,7,9,11-12H2/t15?,17-,18+,19+/m0/s1. The lowest BCUT2D eigenvalue weighted by Gasteiger charge is -2.38. The van der Waals surface area contributed by atoms with Gasteiger partial charge in [0.2, 0.25) is 6.79 Å². The zero-order valence-corrected chi connectivity index (χ0v) is 14.5. The highest BCUT2D eigenvalue weighted by molar-refractivity contribution is 5.46. The van der Waals surface area contributed by atoms with Crippen molar-refractivity contribution in [1.82, 2.24) is 5.32 Å². The number of halogens is 1. The van der Waals surface area contributed by atoms with Crippen LogP contribution in [0.4, 0.5) is 4.39 Å². The largest absolute Gasteiger partial charge is 0.493 e. The lowest BCUT2D eigenvalue weighted by atomic mass is 9.77. The maximum atomic E-state index is 13.3. The average Bonchev–Trinajstić information content (AvgIpc) is 3.28. The molecule has 2 aromatic carbocycles. The predicted octanol–water partition coefficient (Wildman–Crippen LogP) is 3.86. The molecule has 5 rings (SSSR count). The monoisotopic (exact) mass is 355 g/mol. The van der Waals surface area contributed by atoms with Gasteiger partial charge in [0.15, 0.2) is 11.5 Å². The molecule has 2 fully saturated rings. The number of hydrogen-bond acceptors (Lipinski definition) is 4. The lowest BCUT2D eigenvalue weighted by molar-refractivity contribution is 0.158. The van der Waals surface area contributed by atoms with Crippen molar-refractivity contribution < 1.29 is 18.6 Å². The Balaban J connectivity index is 1.35. The van der Waals surface area contributed by atoms with E-state index in [4.69, 9.17) is 14.2 Å².